The van der Waals surface area contributed by atoms with Gasteiger partial charge in [-0.15, -0.1) is 0 Å². The van der Waals surface area contributed by atoms with Crippen molar-refractivity contribution in [2.45, 2.75) is 6.04 Å². The molecule has 0 aliphatic rings. The molecule has 0 amide bonds. The third kappa shape index (κ3) is 3.11. The van der Waals surface area contributed by atoms with E-state index in [0.29, 0.717) is 25.6 Å². The van der Waals surface area contributed by atoms with E-state index in [0.717, 1.165) is 0 Å². The number of benzene rings is 2. The summed E-state index contributed by atoms with van der Waals surface area (Å²) in [6.45, 7) is 0. The monoisotopic (exact) mass is 396 g/mol. The predicted octanol–water partition coefficient (Wildman–Crippen LogP) is 5.10. The van der Waals surface area contributed by atoms with Crippen LogP contribution in [0.3, 0.4) is 0 Å². The van der Waals surface area contributed by atoms with Crippen molar-refractivity contribution in [3.63, 3.8) is 0 Å². The summed E-state index contributed by atoms with van der Waals surface area (Å²) in [6, 6.07) is 7.64. The van der Waals surface area contributed by atoms with Crippen LogP contribution in [0.4, 0.5) is 4.39 Å². The number of hydrogen-bond acceptors (Lipinski definition) is 2. The normalized spacial score (nSPS) is 12.5. The first-order valence-electron chi connectivity index (χ1n) is 5.50. The Balaban J connectivity index is 2.52. The van der Waals surface area contributed by atoms with Crippen LogP contribution in [0.15, 0.2) is 34.8 Å². The lowest BCUT2D eigenvalue weighted by atomic mass is 9.99. The molecular weight excluding hydrogens is 389 g/mol. The van der Waals surface area contributed by atoms with Crippen molar-refractivity contribution < 1.29 is 4.39 Å². The SMILES string of the molecule is NNC(c1ccc(Cl)c(Cl)c1)c1ccc(Br)c(Cl)c1F. The van der Waals surface area contributed by atoms with Crippen molar-refractivity contribution in [2.24, 2.45) is 5.84 Å². The van der Waals surface area contributed by atoms with Crippen LogP contribution in [0.25, 0.3) is 0 Å². The average molecular weight is 398 g/mol. The Morgan fingerprint density at radius 3 is 2.40 bits per heavy atom. The maximum absolute atomic E-state index is 14.2. The van der Waals surface area contributed by atoms with Crippen molar-refractivity contribution in [1.29, 1.82) is 0 Å². The molecule has 106 valence electrons. The van der Waals surface area contributed by atoms with Crippen molar-refractivity contribution in [1.82, 2.24) is 5.43 Å². The van der Waals surface area contributed by atoms with Crippen molar-refractivity contribution >= 4 is 50.7 Å². The van der Waals surface area contributed by atoms with Gasteiger partial charge in [0.2, 0.25) is 0 Å². The van der Waals surface area contributed by atoms with Gasteiger partial charge in [0.05, 0.1) is 21.1 Å². The van der Waals surface area contributed by atoms with Crippen molar-refractivity contribution in [3.05, 3.63) is 66.8 Å². The van der Waals surface area contributed by atoms with E-state index in [9.17, 15) is 4.39 Å². The molecular formula is C13H9BrCl3FN2. The highest BCUT2D eigenvalue weighted by atomic mass is 79.9. The zero-order valence-electron chi connectivity index (χ0n) is 9.93. The van der Waals surface area contributed by atoms with Gasteiger partial charge in [0.25, 0.3) is 0 Å². The lowest BCUT2D eigenvalue weighted by Crippen LogP contribution is -2.29. The molecule has 0 fully saturated rings. The molecule has 0 saturated carbocycles. The van der Waals surface area contributed by atoms with Crippen LogP contribution in [-0.4, -0.2) is 0 Å². The number of halogens is 5. The molecule has 3 N–H and O–H groups in total. The maximum Gasteiger partial charge on any atom is 0.148 e. The number of nitrogens with one attached hydrogen (secondary N) is 1. The molecule has 2 rings (SSSR count). The number of nitrogens with two attached hydrogens (primary N) is 1. The second kappa shape index (κ2) is 6.60. The summed E-state index contributed by atoms with van der Waals surface area (Å²) in [5, 5.41) is 0.788. The lowest BCUT2D eigenvalue weighted by Gasteiger charge is -2.19. The fraction of sp³-hybridized carbons (Fsp3) is 0.0769. The van der Waals surface area contributed by atoms with Gasteiger partial charge in [0.15, 0.2) is 0 Å². The largest absolute Gasteiger partial charge is 0.271 e. The standard InChI is InChI=1S/C13H9BrCl3FN2/c14-8-3-2-7(12(18)11(8)17)13(20-19)6-1-4-9(15)10(16)5-6/h1-5,13,20H,19H2. The van der Waals surface area contributed by atoms with Gasteiger partial charge in [-0.25, -0.2) is 9.82 Å². The van der Waals surface area contributed by atoms with Gasteiger partial charge in [-0.05, 0) is 39.7 Å². The Labute approximate surface area is 139 Å². The summed E-state index contributed by atoms with van der Waals surface area (Å²) in [5.41, 5.74) is 3.55. The van der Waals surface area contributed by atoms with Crippen molar-refractivity contribution in [2.75, 3.05) is 0 Å². The summed E-state index contributed by atoms with van der Waals surface area (Å²) in [6.07, 6.45) is 0. The molecule has 2 aromatic carbocycles. The second-order valence-corrected chi connectivity index (χ2v) is 6.08. The Morgan fingerprint density at radius 2 is 1.80 bits per heavy atom. The molecule has 0 spiro atoms. The third-order valence-electron chi connectivity index (χ3n) is 2.82. The van der Waals surface area contributed by atoms with Gasteiger partial charge in [-0.2, -0.15) is 0 Å². The summed E-state index contributed by atoms with van der Waals surface area (Å²) in [4.78, 5) is 0. The second-order valence-electron chi connectivity index (χ2n) is 4.04. The van der Waals surface area contributed by atoms with E-state index in [1.807, 2.05) is 0 Å². The molecule has 0 heterocycles. The molecule has 2 aromatic rings. The molecule has 2 nitrogen and oxygen atoms in total. The van der Waals surface area contributed by atoms with E-state index in [-0.39, 0.29) is 5.02 Å². The highest BCUT2D eigenvalue weighted by Gasteiger charge is 2.20. The van der Waals surface area contributed by atoms with Crippen molar-refractivity contribution in [3.8, 4) is 0 Å². The average Bonchev–Trinajstić information content (AvgIpc) is 2.43. The minimum atomic E-state index is -0.588. The van der Waals surface area contributed by atoms with Crippen LogP contribution in [0.5, 0.6) is 0 Å². The zero-order valence-corrected chi connectivity index (χ0v) is 13.8. The van der Waals surface area contributed by atoms with E-state index in [4.69, 9.17) is 40.6 Å². The van der Waals surface area contributed by atoms with Crippen LogP contribution in [-0.2, 0) is 0 Å². The topological polar surface area (TPSA) is 38.0 Å². The van der Waals surface area contributed by atoms with Crippen LogP contribution in [0.1, 0.15) is 17.2 Å². The minimum absolute atomic E-state index is 0.00260. The van der Waals surface area contributed by atoms with Gasteiger partial charge < -0.3 is 0 Å². The van der Waals surface area contributed by atoms with Gasteiger partial charge in [-0.1, -0.05) is 46.9 Å². The Kier molecular flexibility index (Phi) is 5.29. The molecule has 0 aliphatic carbocycles. The summed E-state index contributed by atoms with van der Waals surface area (Å²) in [5.74, 6) is 4.99. The smallest absolute Gasteiger partial charge is 0.148 e. The molecule has 0 saturated heterocycles. The van der Waals surface area contributed by atoms with E-state index < -0.39 is 11.9 Å². The Bertz CT molecular complexity index is 652. The van der Waals surface area contributed by atoms with E-state index in [1.165, 1.54) is 0 Å². The zero-order chi connectivity index (χ0) is 14.9. The number of hydrazine groups is 1. The molecule has 1 atom stereocenters. The molecule has 1 unspecified atom stereocenters. The number of rotatable bonds is 3. The molecule has 0 aromatic heterocycles. The summed E-state index contributed by atoms with van der Waals surface area (Å²) < 4.78 is 14.7. The summed E-state index contributed by atoms with van der Waals surface area (Å²) >= 11 is 20.9. The highest BCUT2D eigenvalue weighted by molar-refractivity contribution is 9.10. The molecule has 7 heteroatoms. The highest BCUT2D eigenvalue weighted by Crippen LogP contribution is 2.34. The third-order valence-corrected chi connectivity index (χ3v) is 4.82. The van der Waals surface area contributed by atoms with E-state index in [2.05, 4.69) is 21.4 Å². The molecule has 20 heavy (non-hydrogen) atoms. The van der Waals surface area contributed by atoms with Crippen LogP contribution >= 0.6 is 50.7 Å². The Morgan fingerprint density at radius 1 is 1.10 bits per heavy atom. The van der Waals surface area contributed by atoms with E-state index in [1.54, 1.807) is 30.3 Å². The molecule has 0 bridgehead atoms. The van der Waals surface area contributed by atoms with Crippen LogP contribution in [0, 0.1) is 5.82 Å². The fourth-order valence-electron chi connectivity index (χ4n) is 1.82. The summed E-state index contributed by atoms with van der Waals surface area (Å²) in [7, 11) is 0. The lowest BCUT2D eigenvalue weighted by molar-refractivity contribution is 0.560. The van der Waals surface area contributed by atoms with Gasteiger partial charge in [0.1, 0.15) is 5.82 Å². The van der Waals surface area contributed by atoms with Crippen LogP contribution in [0.2, 0.25) is 15.1 Å². The predicted molar refractivity (Wildman–Crippen MR) is 84.7 cm³/mol. The van der Waals surface area contributed by atoms with Gasteiger partial charge in [-0.3, -0.25) is 5.84 Å². The fourth-order valence-corrected chi connectivity index (χ4v) is 2.61. The molecule has 0 aliphatic heterocycles. The first-order valence-corrected chi connectivity index (χ1v) is 7.43. The minimum Gasteiger partial charge on any atom is -0.271 e. The van der Waals surface area contributed by atoms with E-state index >= 15 is 0 Å². The molecule has 0 radical (unpaired) electrons. The van der Waals surface area contributed by atoms with Gasteiger partial charge in [0, 0.05) is 10.0 Å². The van der Waals surface area contributed by atoms with Gasteiger partial charge >= 0.3 is 0 Å². The number of hydrogen-bond donors (Lipinski definition) is 2. The maximum atomic E-state index is 14.2. The quantitative estimate of drug-likeness (QED) is 0.429. The Hall–Kier alpha value is -0.360. The first kappa shape index (κ1) is 16.0. The first-order chi connectivity index (χ1) is 9.45. The van der Waals surface area contributed by atoms with Crippen LogP contribution < -0.4 is 11.3 Å².